The van der Waals surface area contributed by atoms with Gasteiger partial charge in [0.05, 0.1) is 32.4 Å². The van der Waals surface area contributed by atoms with Gasteiger partial charge in [-0.15, -0.1) is 6.58 Å². The Balaban J connectivity index is 1.82. The molecule has 1 heterocycles. The van der Waals surface area contributed by atoms with Crippen LogP contribution in [0.5, 0.6) is 0 Å². The number of halogens is 2. The lowest BCUT2D eigenvalue weighted by atomic mass is 10.2. The maximum atomic E-state index is 12.7. The van der Waals surface area contributed by atoms with Crippen LogP contribution in [0.15, 0.2) is 65.1 Å². The van der Waals surface area contributed by atoms with Gasteiger partial charge in [0.25, 0.3) is 5.56 Å². The molecular formula is C19H15Cl2N3O2S. The van der Waals surface area contributed by atoms with Crippen LogP contribution >= 0.6 is 35.0 Å². The van der Waals surface area contributed by atoms with Crippen molar-refractivity contribution < 1.29 is 4.79 Å². The van der Waals surface area contributed by atoms with Crippen LogP contribution in [0.25, 0.3) is 10.9 Å². The zero-order valence-corrected chi connectivity index (χ0v) is 16.4. The molecular weight excluding hydrogens is 405 g/mol. The Kier molecular flexibility index (Phi) is 6.21. The van der Waals surface area contributed by atoms with Crippen molar-refractivity contribution in [1.29, 1.82) is 0 Å². The Labute approximate surface area is 170 Å². The molecule has 0 aliphatic rings. The normalized spacial score (nSPS) is 10.7. The van der Waals surface area contributed by atoms with E-state index >= 15 is 0 Å². The van der Waals surface area contributed by atoms with Crippen molar-refractivity contribution in [1.82, 2.24) is 9.55 Å². The molecule has 0 atom stereocenters. The highest BCUT2D eigenvalue weighted by Gasteiger charge is 2.13. The second-order valence-corrected chi connectivity index (χ2v) is 7.28. The summed E-state index contributed by atoms with van der Waals surface area (Å²) in [6.07, 6.45) is 1.62. The van der Waals surface area contributed by atoms with E-state index in [0.717, 1.165) is 0 Å². The van der Waals surface area contributed by atoms with Crippen molar-refractivity contribution in [2.24, 2.45) is 0 Å². The zero-order valence-electron chi connectivity index (χ0n) is 14.1. The molecule has 1 N–H and O–H groups in total. The fourth-order valence-corrected chi connectivity index (χ4v) is 3.62. The maximum absolute atomic E-state index is 12.7. The first kappa shape index (κ1) is 19.5. The summed E-state index contributed by atoms with van der Waals surface area (Å²) >= 11 is 13.2. The third-order valence-electron chi connectivity index (χ3n) is 3.70. The Morgan fingerprint density at radius 2 is 2.00 bits per heavy atom. The second kappa shape index (κ2) is 8.61. The molecule has 27 heavy (non-hydrogen) atoms. The summed E-state index contributed by atoms with van der Waals surface area (Å²) in [5.41, 5.74) is 0.856. The van der Waals surface area contributed by atoms with Gasteiger partial charge in [0.1, 0.15) is 0 Å². The predicted molar refractivity (Wildman–Crippen MR) is 112 cm³/mol. The SMILES string of the molecule is C=CCn1c(SCC(=O)Nc2cccc(Cl)c2Cl)nc2ccccc2c1=O. The average molecular weight is 420 g/mol. The topological polar surface area (TPSA) is 64.0 Å². The van der Waals surface area contributed by atoms with Gasteiger partial charge in [0, 0.05) is 6.54 Å². The largest absolute Gasteiger partial charge is 0.324 e. The van der Waals surface area contributed by atoms with Gasteiger partial charge < -0.3 is 5.32 Å². The Hall–Kier alpha value is -2.28. The lowest BCUT2D eigenvalue weighted by Crippen LogP contribution is -2.23. The summed E-state index contributed by atoms with van der Waals surface area (Å²) < 4.78 is 1.50. The summed E-state index contributed by atoms with van der Waals surface area (Å²) in [5, 5.41) is 4.33. The smallest absolute Gasteiger partial charge is 0.262 e. The highest BCUT2D eigenvalue weighted by atomic mass is 35.5. The van der Waals surface area contributed by atoms with Crippen LogP contribution in [0, 0.1) is 0 Å². The molecule has 0 spiro atoms. The zero-order chi connectivity index (χ0) is 19.4. The third-order valence-corrected chi connectivity index (χ3v) is 5.49. The minimum atomic E-state index is -0.281. The van der Waals surface area contributed by atoms with E-state index in [1.807, 2.05) is 6.07 Å². The first-order valence-corrected chi connectivity index (χ1v) is 9.72. The van der Waals surface area contributed by atoms with E-state index in [1.54, 1.807) is 42.5 Å². The van der Waals surface area contributed by atoms with Crippen LogP contribution in [0.2, 0.25) is 10.0 Å². The summed E-state index contributed by atoms with van der Waals surface area (Å²) in [5.74, 6) is -0.221. The van der Waals surface area contributed by atoms with Crippen molar-refractivity contribution in [3.63, 3.8) is 0 Å². The minimum absolute atomic E-state index is 0.0603. The number of nitrogens with zero attached hydrogens (tertiary/aromatic N) is 2. The standard InChI is InChI=1S/C19H15Cl2N3O2S/c1-2-10-24-18(26)12-6-3-4-8-14(12)23-19(24)27-11-16(25)22-15-9-5-7-13(20)17(15)21/h2-9H,1,10-11H2,(H,22,25). The van der Waals surface area contributed by atoms with E-state index < -0.39 is 0 Å². The molecule has 138 valence electrons. The predicted octanol–water partition coefficient (Wildman–Crippen LogP) is 4.62. The Morgan fingerprint density at radius 3 is 2.78 bits per heavy atom. The molecule has 0 bridgehead atoms. The first-order chi connectivity index (χ1) is 13.0. The number of aromatic nitrogens is 2. The van der Waals surface area contributed by atoms with Crippen molar-refractivity contribution in [2.75, 3.05) is 11.1 Å². The van der Waals surface area contributed by atoms with Gasteiger partial charge in [-0.05, 0) is 24.3 Å². The van der Waals surface area contributed by atoms with Gasteiger partial charge in [0.2, 0.25) is 5.91 Å². The van der Waals surface area contributed by atoms with E-state index in [0.29, 0.717) is 33.3 Å². The summed E-state index contributed by atoms with van der Waals surface area (Å²) in [7, 11) is 0. The molecule has 1 aromatic heterocycles. The molecule has 0 saturated heterocycles. The van der Waals surface area contributed by atoms with E-state index in [2.05, 4.69) is 16.9 Å². The first-order valence-electron chi connectivity index (χ1n) is 7.98. The molecule has 3 aromatic rings. The number of amides is 1. The lowest BCUT2D eigenvalue weighted by molar-refractivity contribution is -0.113. The van der Waals surface area contributed by atoms with E-state index in [1.165, 1.54) is 16.3 Å². The van der Waals surface area contributed by atoms with Crippen LogP contribution in [0.1, 0.15) is 0 Å². The molecule has 2 aromatic carbocycles. The number of carbonyl (C=O) groups excluding carboxylic acids is 1. The third kappa shape index (κ3) is 4.35. The highest BCUT2D eigenvalue weighted by Crippen LogP contribution is 2.29. The fraction of sp³-hybridized carbons (Fsp3) is 0.105. The number of carbonyl (C=O) groups is 1. The van der Waals surface area contributed by atoms with Crippen molar-refractivity contribution in [2.45, 2.75) is 11.7 Å². The van der Waals surface area contributed by atoms with Gasteiger partial charge >= 0.3 is 0 Å². The summed E-state index contributed by atoms with van der Waals surface area (Å²) in [6, 6.07) is 12.1. The molecule has 0 fully saturated rings. The number of nitrogens with one attached hydrogen (secondary N) is 1. The van der Waals surface area contributed by atoms with Crippen molar-refractivity contribution in [3.8, 4) is 0 Å². The number of rotatable bonds is 6. The molecule has 0 saturated carbocycles. The Bertz CT molecular complexity index is 1080. The van der Waals surface area contributed by atoms with Crippen LogP contribution in [0.3, 0.4) is 0 Å². The van der Waals surface area contributed by atoms with Crippen LogP contribution < -0.4 is 10.9 Å². The molecule has 8 heteroatoms. The minimum Gasteiger partial charge on any atom is -0.324 e. The summed E-state index contributed by atoms with van der Waals surface area (Å²) in [4.78, 5) is 29.5. The van der Waals surface area contributed by atoms with Crippen LogP contribution in [0.4, 0.5) is 5.69 Å². The van der Waals surface area contributed by atoms with Gasteiger partial charge in [-0.25, -0.2) is 4.98 Å². The molecule has 0 unspecified atom stereocenters. The number of hydrogen-bond donors (Lipinski definition) is 1. The molecule has 1 amide bonds. The van der Waals surface area contributed by atoms with Gasteiger partial charge in [-0.1, -0.05) is 59.2 Å². The van der Waals surface area contributed by atoms with Crippen molar-refractivity contribution >= 4 is 57.5 Å². The number of hydrogen-bond acceptors (Lipinski definition) is 4. The van der Waals surface area contributed by atoms with E-state index in [-0.39, 0.29) is 22.2 Å². The molecule has 3 rings (SSSR count). The monoisotopic (exact) mass is 419 g/mol. The fourth-order valence-electron chi connectivity index (χ4n) is 2.46. The average Bonchev–Trinajstić information content (AvgIpc) is 2.66. The van der Waals surface area contributed by atoms with Crippen LogP contribution in [-0.4, -0.2) is 21.2 Å². The molecule has 0 aliphatic heterocycles. The molecule has 0 radical (unpaired) electrons. The molecule has 5 nitrogen and oxygen atoms in total. The highest BCUT2D eigenvalue weighted by molar-refractivity contribution is 7.99. The lowest BCUT2D eigenvalue weighted by Gasteiger charge is -2.12. The van der Waals surface area contributed by atoms with Crippen molar-refractivity contribution in [3.05, 3.63) is 75.5 Å². The van der Waals surface area contributed by atoms with Gasteiger partial charge in [-0.2, -0.15) is 0 Å². The molecule has 0 aliphatic carbocycles. The quantitative estimate of drug-likeness (QED) is 0.359. The van der Waals surface area contributed by atoms with Crippen LogP contribution in [-0.2, 0) is 11.3 Å². The number of thioether (sulfide) groups is 1. The second-order valence-electron chi connectivity index (χ2n) is 5.55. The van der Waals surface area contributed by atoms with E-state index in [9.17, 15) is 9.59 Å². The number of fused-ring (bicyclic) bond motifs is 1. The number of benzene rings is 2. The Morgan fingerprint density at radius 1 is 1.22 bits per heavy atom. The number of anilines is 1. The maximum Gasteiger partial charge on any atom is 0.262 e. The van der Waals surface area contributed by atoms with E-state index in [4.69, 9.17) is 23.2 Å². The van der Waals surface area contributed by atoms with Gasteiger partial charge in [-0.3, -0.25) is 14.2 Å². The van der Waals surface area contributed by atoms with Gasteiger partial charge in [0.15, 0.2) is 5.16 Å². The summed E-state index contributed by atoms with van der Waals surface area (Å²) in [6.45, 7) is 3.99. The number of allylic oxidation sites excluding steroid dienone is 1. The number of para-hydroxylation sites is 1.